The van der Waals surface area contributed by atoms with Crippen molar-refractivity contribution in [3.8, 4) is 0 Å². The van der Waals surface area contributed by atoms with E-state index in [4.69, 9.17) is 0 Å². The highest BCUT2D eigenvalue weighted by Gasteiger charge is 2.07. The minimum Gasteiger partial charge on any atom is -0.392 e. The molecule has 0 fully saturated rings. The minimum atomic E-state index is -0.936. The van der Waals surface area contributed by atoms with E-state index in [9.17, 15) is 9.32 Å². The molecule has 0 saturated carbocycles. The van der Waals surface area contributed by atoms with Gasteiger partial charge in [0.1, 0.15) is 0 Å². The number of rotatable bonds is 6. The standard InChI is InChI=1S/C17H21NO2S/c1-13(14-7-9-17(10-8-14)21(2)20)18-11-15-5-3-4-6-16(15)12-19/h3-10,13,18-19H,11-12H2,1-2H3. The molecule has 2 N–H and O–H groups in total. The van der Waals surface area contributed by atoms with Crippen molar-refractivity contribution in [3.63, 3.8) is 0 Å². The second-order valence-corrected chi connectivity index (χ2v) is 6.43. The molecule has 112 valence electrons. The Morgan fingerprint density at radius 2 is 1.71 bits per heavy atom. The van der Waals surface area contributed by atoms with Gasteiger partial charge in [0.25, 0.3) is 0 Å². The van der Waals surface area contributed by atoms with E-state index in [1.807, 2.05) is 48.5 Å². The van der Waals surface area contributed by atoms with Crippen LogP contribution in [0.15, 0.2) is 53.4 Å². The van der Waals surface area contributed by atoms with Gasteiger partial charge in [0.05, 0.1) is 6.61 Å². The van der Waals surface area contributed by atoms with Crippen molar-refractivity contribution >= 4 is 10.8 Å². The van der Waals surface area contributed by atoms with Crippen LogP contribution < -0.4 is 5.32 Å². The van der Waals surface area contributed by atoms with Gasteiger partial charge in [-0.3, -0.25) is 4.21 Å². The second-order valence-electron chi connectivity index (χ2n) is 5.05. The number of hydrogen-bond donors (Lipinski definition) is 2. The van der Waals surface area contributed by atoms with Crippen molar-refractivity contribution in [2.45, 2.75) is 31.0 Å². The first kappa shape index (κ1) is 15.9. The molecule has 0 aliphatic carbocycles. The van der Waals surface area contributed by atoms with E-state index in [0.717, 1.165) is 21.6 Å². The van der Waals surface area contributed by atoms with Gasteiger partial charge in [0.2, 0.25) is 0 Å². The molecule has 0 spiro atoms. The predicted octanol–water partition coefficient (Wildman–Crippen LogP) is 2.77. The number of aliphatic hydroxyl groups is 1. The molecule has 0 bridgehead atoms. The van der Waals surface area contributed by atoms with Crippen molar-refractivity contribution in [2.24, 2.45) is 0 Å². The second kappa shape index (κ2) is 7.50. The molecular formula is C17H21NO2S. The topological polar surface area (TPSA) is 49.3 Å². The summed E-state index contributed by atoms with van der Waals surface area (Å²) in [7, 11) is -0.936. The highest BCUT2D eigenvalue weighted by atomic mass is 32.2. The van der Waals surface area contributed by atoms with Crippen molar-refractivity contribution < 1.29 is 9.32 Å². The smallest absolute Gasteiger partial charge is 0.0685 e. The first-order chi connectivity index (χ1) is 10.1. The molecule has 2 unspecified atom stereocenters. The van der Waals surface area contributed by atoms with E-state index in [-0.39, 0.29) is 12.6 Å². The summed E-state index contributed by atoms with van der Waals surface area (Å²) in [4.78, 5) is 0.844. The lowest BCUT2D eigenvalue weighted by Crippen LogP contribution is -2.19. The Morgan fingerprint density at radius 3 is 2.29 bits per heavy atom. The Balaban J connectivity index is 2.01. The summed E-state index contributed by atoms with van der Waals surface area (Å²) in [6, 6.07) is 15.9. The third-order valence-electron chi connectivity index (χ3n) is 3.60. The number of benzene rings is 2. The molecule has 0 aliphatic rings. The molecule has 4 heteroatoms. The van der Waals surface area contributed by atoms with E-state index < -0.39 is 10.8 Å². The molecule has 2 rings (SSSR count). The van der Waals surface area contributed by atoms with Crippen LogP contribution in [0.2, 0.25) is 0 Å². The van der Waals surface area contributed by atoms with Gasteiger partial charge in [-0.25, -0.2) is 0 Å². The zero-order valence-corrected chi connectivity index (χ0v) is 13.2. The Bertz CT molecular complexity index is 610. The number of hydrogen-bond acceptors (Lipinski definition) is 3. The van der Waals surface area contributed by atoms with Crippen molar-refractivity contribution in [1.82, 2.24) is 5.32 Å². The molecule has 0 aliphatic heterocycles. The van der Waals surface area contributed by atoms with Crippen molar-refractivity contribution in [1.29, 1.82) is 0 Å². The minimum absolute atomic E-state index is 0.0588. The van der Waals surface area contributed by atoms with Crippen LogP contribution in [0.5, 0.6) is 0 Å². The summed E-state index contributed by atoms with van der Waals surface area (Å²) < 4.78 is 11.4. The SMILES string of the molecule is CC(NCc1ccccc1CO)c1ccc(S(C)=O)cc1. The third kappa shape index (κ3) is 4.24. The third-order valence-corrected chi connectivity index (χ3v) is 4.54. The summed E-state index contributed by atoms with van der Waals surface area (Å²) in [5.74, 6) is 0. The van der Waals surface area contributed by atoms with E-state index in [0.29, 0.717) is 6.54 Å². The van der Waals surface area contributed by atoms with Crippen LogP contribution in [-0.4, -0.2) is 15.6 Å². The summed E-state index contributed by atoms with van der Waals surface area (Å²) in [6.07, 6.45) is 1.68. The van der Waals surface area contributed by atoms with Crippen LogP contribution in [0.1, 0.15) is 29.7 Å². The molecular weight excluding hydrogens is 282 g/mol. The van der Waals surface area contributed by atoms with Crippen LogP contribution in [0.25, 0.3) is 0 Å². The molecule has 0 radical (unpaired) electrons. The molecule has 2 atom stereocenters. The predicted molar refractivity (Wildman–Crippen MR) is 86.4 cm³/mol. The van der Waals surface area contributed by atoms with Crippen LogP contribution in [0.3, 0.4) is 0 Å². The molecule has 0 aromatic heterocycles. The summed E-state index contributed by atoms with van der Waals surface area (Å²) in [5, 5.41) is 12.8. The fourth-order valence-electron chi connectivity index (χ4n) is 2.21. The van der Waals surface area contributed by atoms with Crippen LogP contribution in [-0.2, 0) is 24.0 Å². The fourth-order valence-corrected chi connectivity index (χ4v) is 2.73. The largest absolute Gasteiger partial charge is 0.392 e. The Hall–Kier alpha value is -1.49. The molecule has 3 nitrogen and oxygen atoms in total. The zero-order chi connectivity index (χ0) is 15.2. The summed E-state index contributed by atoms with van der Waals surface area (Å²) in [5.41, 5.74) is 3.22. The fraction of sp³-hybridized carbons (Fsp3) is 0.294. The first-order valence-electron chi connectivity index (χ1n) is 6.96. The normalized spacial score (nSPS) is 13.9. The highest BCUT2D eigenvalue weighted by molar-refractivity contribution is 7.84. The molecule has 21 heavy (non-hydrogen) atoms. The number of aliphatic hydroxyl groups excluding tert-OH is 1. The maximum absolute atomic E-state index is 11.4. The Kier molecular flexibility index (Phi) is 5.67. The van der Waals surface area contributed by atoms with Gasteiger partial charge in [-0.1, -0.05) is 36.4 Å². The average Bonchev–Trinajstić information content (AvgIpc) is 2.52. The van der Waals surface area contributed by atoms with Gasteiger partial charge in [-0.05, 0) is 35.7 Å². The highest BCUT2D eigenvalue weighted by Crippen LogP contribution is 2.16. The van der Waals surface area contributed by atoms with Crippen molar-refractivity contribution in [2.75, 3.05) is 6.26 Å². The van der Waals surface area contributed by atoms with E-state index >= 15 is 0 Å². The maximum atomic E-state index is 11.4. The molecule has 0 amide bonds. The molecule has 2 aromatic carbocycles. The van der Waals surface area contributed by atoms with Gasteiger partial charge in [-0.2, -0.15) is 0 Å². The Labute approximate surface area is 128 Å². The lowest BCUT2D eigenvalue weighted by molar-refractivity contribution is 0.280. The summed E-state index contributed by atoms with van der Waals surface area (Å²) in [6.45, 7) is 2.86. The van der Waals surface area contributed by atoms with Gasteiger partial charge < -0.3 is 10.4 Å². The van der Waals surface area contributed by atoms with E-state index in [1.54, 1.807) is 6.26 Å². The van der Waals surface area contributed by atoms with Crippen molar-refractivity contribution in [3.05, 3.63) is 65.2 Å². The maximum Gasteiger partial charge on any atom is 0.0685 e. The van der Waals surface area contributed by atoms with E-state index in [2.05, 4.69) is 12.2 Å². The van der Waals surface area contributed by atoms with Crippen LogP contribution in [0, 0.1) is 0 Å². The average molecular weight is 303 g/mol. The zero-order valence-electron chi connectivity index (χ0n) is 12.4. The lowest BCUT2D eigenvalue weighted by Gasteiger charge is -2.16. The Morgan fingerprint density at radius 1 is 1.10 bits per heavy atom. The monoisotopic (exact) mass is 303 g/mol. The molecule has 0 saturated heterocycles. The first-order valence-corrected chi connectivity index (χ1v) is 8.52. The summed E-state index contributed by atoms with van der Waals surface area (Å²) >= 11 is 0. The van der Waals surface area contributed by atoms with E-state index in [1.165, 1.54) is 0 Å². The van der Waals surface area contributed by atoms with Gasteiger partial charge >= 0.3 is 0 Å². The van der Waals surface area contributed by atoms with Gasteiger partial charge in [0, 0.05) is 34.5 Å². The molecule has 2 aromatic rings. The number of nitrogens with one attached hydrogen (secondary N) is 1. The lowest BCUT2D eigenvalue weighted by atomic mass is 10.1. The van der Waals surface area contributed by atoms with Crippen LogP contribution in [0.4, 0.5) is 0 Å². The van der Waals surface area contributed by atoms with Gasteiger partial charge in [-0.15, -0.1) is 0 Å². The van der Waals surface area contributed by atoms with Gasteiger partial charge in [0.15, 0.2) is 0 Å². The molecule has 0 heterocycles. The van der Waals surface area contributed by atoms with Crippen LogP contribution >= 0.6 is 0 Å². The quantitative estimate of drug-likeness (QED) is 0.863.